The fourth-order valence-electron chi connectivity index (χ4n) is 2.44. The van der Waals surface area contributed by atoms with E-state index < -0.39 is 5.66 Å². The van der Waals surface area contributed by atoms with Crippen molar-refractivity contribution in [3.63, 3.8) is 0 Å². The van der Waals surface area contributed by atoms with Crippen LogP contribution < -0.4 is 16.0 Å². The summed E-state index contributed by atoms with van der Waals surface area (Å²) in [5.41, 5.74) is 1.44. The summed E-state index contributed by atoms with van der Waals surface area (Å²) in [5.74, 6) is 0.499. The number of nitrogens with zero attached hydrogens (tertiary/aromatic N) is 2. The topological polar surface area (TPSA) is 78.9 Å². The fraction of sp³-hybridized carbons (Fsp3) is 0.0833. The summed E-state index contributed by atoms with van der Waals surface area (Å²) in [7, 11) is 0. The van der Waals surface area contributed by atoms with E-state index in [0.29, 0.717) is 5.82 Å². The van der Waals surface area contributed by atoms with Crippen molar-refractivity contribution in [2.24, 2.45) is 0 Å². The molecule has 1 spiro atoms. The molecule has 2 aromatic rings. The molecule has 0 fully saturated rings. The summed E-state index contributed by atoms with van der Waals surface area (Å²) in [6, 6.07) is 7.57. The highest BCUT2D eigenvalue weighted by molar-refractivity contribution is 6.11. The average molecular weight is 239 g/mol. The quantitative estimate of drug-likeness (QED) is 0.642. The van der Waals surface area contributed by atoms with Crippen molar-refractivity contribution in [2.45, 2.75) is 5.66 Å². The lowest BCUT2D eigenvalue weighted by molar-refractivity contribution is -0.119. The second-order valence-electron chi connectivity index (χ2n) is 4.28. The molecule has 88 valence electrons. The van der Waals surface area contributed by atoms with Crippen LogP contribution in [0.5, 0.6) is 0 Å². The summed E-state index contributed by atoms with van der Waals surface area (Å²) in [4.78, 5) is 20.3. The predicted octanol–water partition coefficient (Wildman–Crippen LogP) is 1.12. The molecule has 1 atom stereocenters. The van der Waals surface area contributed by atoms with E-state index in [9.17, 15) is 4.79 Å². The average Bonchev–Trinajstić information content (AvgIpc) is 2.90. The van der Waals surface area contributed by atoms with Gasteiger partial charge in [0.2, 0.25) is 5.66 Å². The second kappa shape index (κ2) is 2.98. The largest absolute Gasteiger partial charge is 0.347 e. The van der Waals surface area contributed by atoms with Crippen molar-refractivity contribution < 1.29 is 4.79 Å². The lowest BCUT2D eigenvalue weighted by Gasteiger charge is -2.22. The molecule has 0 radical (unpaired) electrons. The number of carbonyl (C=O) groups is 1. The van der Waals surface area contributed by atoms with Gasteiger partial charge in [-0.25, -0.2) is 9.97 Å². The number of nitrogens with one attached hydrogen (secondary N) is 3. The molecule has 0 aliphatic carbocycles. The first kappa shape index (κ1) is 9.41. The minimum absolute atomic E-state index is 0.137. The van der Waals surface area contributed by atoms with Crippen LogP contribution in [0.15, 0.2) is 36.8 Å². The Morgan fingerprint density at radius 3 is 2.89 bits per heavy atom. The SMILES string of the molecule is O=C1Nc2ccccc2C12Nc1cncnc1N2. The Labute approximate surface area is 102 Å². The van der Waals surface area contributed by atoms with Gasteiger partial charge in [0.25, 0.3) is 5.91 Å². The van der Waals surface area contributed by atoms with Crippen LogP contribution in [-0.2, 0) is 10.5 Å². The fourth-order valence-corrected chi connectivity index (χ4v) is 2.44. The van der Waals surface area contributed by atoms with Gasteiger partial charge in [-0.15, -0.1) is 0 Å². The Morgan fingerprint density at radius 2 is 2.00 bits per heavy atom. The number of anilines is 3. The maximum Gasteiger partial charge on any atom is 0.275 e. The molecule has 18 heavy (non-hydrogen) atoms. The van der Waals surface area contributed by atoms with Gasteiger partial charge in [0.15, 0.2) is 5.82 Å². The third-order valence-corrected chi connectivity index (χ3v) is 3.26. The Hall–Kier alpha value is -2.63. The van der Waals surface area contributed by atoms with E-state index in [2.05, 4.69) is 25.9 Å². The number of fused-ring (bicyclic) bond motifs is 3. The number of hydrogen-bond donors (Lipinski definition) is 3. The molecule has 3 N–H and O–H groups in total. The number of rotatable bonds is 0. The molecule has 2 aliphatic rings. The molecule has 4 rings (SSSR count). The van der Waals surface area contributed by atoms with E-state index in [1.807, 2.05) is 24.3 Å². The molecule has 0 saturated heterocycles. The van der Waals surface area contributed by atoms with Crippen LogP contribution in [0, 0.1) is 0 Å². The maximum atomic E-state index is 12.2. The first-order valence-electron chi connectivity index (χ1n) is 5.57. The Kier molecular flexibility index (Phi) is 1.56. The molecule has 1 aromatic heterocycles. The highest BCUT2D eigenvalue weighted by Crippen LogP contribution is 2.44. The Balaban J connectivity index is 1.90. The van der Waals surface area contributed by atoms with Crippen LogP contribution in [0.4, 0.5) is 17.2 Å². The van der Waals surface area contributed by atoms with Crippen LogP contribution in [0.1, 0.15) is 5.56 Å². The number of carbonyl (C=O) groups excluding carboxylic acids is 1. The lowest BCUT2D eigenvalue weighted by Crippen LogP contribution is -2.45. The van der Waals surface area contributed by atoms with Gasteiger partial charge >= 0.3 is 0 Å². The standard InChI is InChI=1S/C12H9N5O/c18-11-12(7-3-1-2-4-8(7)15-11)16-9-5-13-6-14-10(9)17-12/h1-6,16H,(H,15,18)(H,13,14,17). The highest BCUT2D eigenvalue weighted by atomic mass is 16.2. The minimum atomic E-state index is -0.963. The van der Waals surface area contributed by atoms with Crippen molar-refractivity contribution in [1.29, 1.82) is 0 Å². The van der Waals surface area contributed by atoms with Gasteiger partial charge in [0.1, 0.15) is 6.33 Å². The normalized spacial score (nSPS) is 23.0. The monoisotopic (exact) mass is 239 g/mol. The number of aromatic nitrogens is 2. The number of benzene rings is 1. The molecule has 2 aliphatic heterocycles. The summed E-state index contributed by atoms with van der Waals surface area (Å²) >= 11 is 0. The third kappa shape index (κ3) is 0.994. The van der Waals surface area contributed by atoms with Gasteiger partial charge in [-0.3, -0.25) is 4.79 Å². The molecule has 6 heteroatoms. The van der Waals surface area contributed by atoms with E-state index >= 15 is 0 Å². The maximum absolute atomic E-state index is 12.2. The molecule has 1 unspecified atom stereocenters. The van der Waals surface area contributed by atoms with Gasteiger partial charge in [-0.05, 0) is 6.07 Å². The molecule has 0 saturated carbocycles. The van der Waals surface area contributed by atoms with E-state index in [4.69, 9.17) is 0 Å². The zero-order valence-corrected chi connectivity index (χ0v) is 9.27. The number of para-hydroxylation sites is 1. The van der Waals surface area contributed by atoms with Gasteiger partial charge in [-0.1, -0.05) is 18.2 Å². The molecular weight excluding hydrogens is 230 g/mol. The van der Waals surface area contributed by atoms with E-state index in [1.165, 1.54) is 6.33 Å². The Bertz CT molecular complexity index is 644. The Morgan fingerprint density at radius 1 is 1.11 bits per heavy atom. The lowest BCUT2D eigenvalue weighted by atomic mass is 10.0. The van der Waals surface area contributed by atoms with Crippen LogP contribution in [-0.4, -0.2) is 15.9 Å². The molecule has 1 amide bonds. The number of amides is 1. The summed E-state index contributed by atoms with van der Waals surface area (Å²) < 4.78 is 0. The minimum Gasteiger partial charge on any atom is -0.347 e. The summed E-state index contributed by atoms with van der Waals surface area (Å²) in [6.45, 7) is 0. The molecule has 1 aromatic carbocycles. The van der Waals surface area contributed by atoms with Crippen LogP contribution >= 0.6 is 0 Å². The highest BCUT2D eigenvalue weighted by Gasteiger charge is 2.51. The van der Waals surface area contributed by atoms with Gasteiger partial charge < -0.3 is 16.0 Å². The smallest absolute Gasteiger partial charge is 0.275 e. The first-order chi connectivity index (χ1) is 8.79. The molecule has 6 nitrogen and oxygen atoms in total. The van der Waals surface area contributed by atoms with Crippen LogP contribution in [0.25, 0.3) is 0 Å². The van der Waals surface area contributed by atoms with Crippen LogP contribution in [0.2, 0.25) is 0 Å². The predicted molar refractivity (Wildman–Crippen MR) is 66.0 cm³/mol. The van der Waals surface area contributed by atoms with Gasteiger partial charge in [-0.2, -0.15) is 0 Å². The number of hydrogen-bond acceptors (Lipinski definition) is 5. The molecule has 3 heterocycles. The zero-order valence-electron chi connectivity index (χ0n) is 9.27. The second-order valence-corrected chi connectivity index (χ2v) is 4.28. The van der Waals surface area contributed by atoms with Crippen molar-refractivity contribution >= 4 is 23.1 Å². The molecular formula is C12H9N5O. The van der Waals surface area contributed by atoms with Crippen LogP contribution in [0.3, 0.4) is 0 Å². The summed E-state index contributed by atoms with van der Waals surface area (Å²) in [5, 5.41) is 9.16. The molecule has 0 bridgehead atoms. The first-order valence-corrected chi connectivity index (χ1v) is 5.57. The third-order valence-electron chi connectivity index (χ3n) is 3.26. The van der Waals surface area contributed by atoms with E-state index in [0.717, 1.165) is 16.9 Å². The van der Waals surface area contributed by atoms with Crippen molar-refractivity contribution in [1.82, 2.24) is 9.97 Å². The zero-order chi connectivity index (χ0) is 12.2. The summed E-state index contributed by atoms with van der Waals surface area (Å²) in [6.07, 6.45) is 3.10. The van der Waals surface area contributed by atoms with Crippen molar-refractivity contribution in [2.75, 3.05) is 16.0 Å². The van der Waals surface area contributed by atoms with Crippen molar-refractivity contribution in [3.05, 3.63) is 42.4 Å². The van der Waals surface area contributed by atoms with Gasteiger partial charge in [0.05, 0.1) is 11.9 Å². The van der Waals surface area contributed by atoms with E-state index in [1.54, 1.807) is 6.20 Å². The van der Waals surface area contributed by atoms with E-state index in [-0.39, 0.29) is 5.91 Å². The van der Waals surface area contributed by atoms with Crippen molar-refractivity contribution in [3.8, 4) is 0 Å². The van der Waals surface area contributed by atoms with Gasteiger partial charge in [0, 0.05) is 11.3 Å².